The van der Waals surface area contributed by atoms with E-state index in [4.69, 9.17) is 11.6 Å². The summed E-state index contributed by atoms with van der Waals surface area (Å²) >= 11 is 6.95. The molecule has 100 valence electrons. The molecule has 0 saturated carbocycles. The Kier molecular flexibility index (Phi) is 3.38. The van der Waals surface area contributed by atoms with Crippen molar-refractivity contribution in [2.75, 3.05) is 5.32 Å². The molecule has 1 amide bonds. The molecule has 0 saturated heterocycles. The van der Waals surface area contributed by atoms with Crippen LogP contribution in [0, 0.1) is 6.92 Å². The first-order valence-electron chi connectivity index (χ1n) is 5.94. The van der Waals surface area contributed by atoms with E-state index >= 15 is 0 Å². The Bertz CT molecular complexity index is 783. The lowest BCUT2D eigenvalue weighted by atomic mass is 10.1. The van der Waals surface area contributed by atoms with E-state index in [0.29, 0.717) is 16.3 Å². The maximum atomic E-state index is 12.2. The summed E-state index contributed by atoms with van der Waals surface area (Å²) in [6, 6.07) is 10.6. The number of carbonyl (C=O) groups excluding carboxylic acids is 1. The fourth-order valence-corrected chi connectivity index (χ4v) is 2.57. The van der Waals surface area contributed by atoms with Gasteiger partial charge in [0.25, 0.3) is 5.91 Å². The van der Waals surface area contributed by atoms with Gasteiger partial charge in [0.1, 0.15) is 11.0 Å². The van der Waals surface area contributed by atoms with Crippen LogP contribution in [0.3, 0.4) is 0 Å². The van der Waals surface area contributed by atoms with Gasteiger partial charge in [-0.1, -0.05) is 17.7 Å². The van der Waals surface area contributed by atoms with Crippen molar-refractivity contribution in [2.45, 2.75) is 6.92 Å². The van der Waals surface area contributed by atoms with Gasteiger partial charge in [0.15, 0.2) is 0 Å². The minimum atomic E-state index is -0.190. The van der Waals surface area contributed by atoms with Gasteiger partial charge in [-0.15, -0.1) is 0 Å². The normalized spacial score (nSPS) is 10.7. The molecule has 0 unspecified atom stereocenters. The van der Waals surface area contributed by atoms with Crippen molar-refractivity contribution in [3.63, 3.8) is 0 Å². The molecule has 4 nitrogen and oxygen atoms in total. The Balaban J connectivity index is 1.96. The molecule has 0 bridgehead atoms. The van der Waals surface area contributed by atoms with Crippen LogP contribution < -0.4 is 5.32 Å². The second-order valence-corrected chi connectivity index (χ2v) is 5.32. The third-order valence-corrected chi connectivity index (χ3v) is 3.78. The van der Waals surface area contributed by atoms with E-state index in [1.54, 1.807) is 24.3 Å². The first kappa shape index (κ1) is 13.0. The van der Waals surface area contributed by atoms with Gasteiger partial charge in [-0.2, -0.15) is 8.75 Å². The SMILES string of the molecule is Cc1ccc2nsnc2c1NC(=O)c1ccc(Cl)cc1. The zero-order chi connectivity index (χ0) is 14.1. The molecule has 6 heteroatoms. The molecule has 2 aromatic carbocycles. The van der Waals surface area contributed by atoms with Gasteiger partial charge in [0.2, 0.25) is 0 Å². The zero-order valence-corrected chi connectivity index (χ0v) is 12.1. The van der Waals surface area contributed by atoms with E-state index in [1.807, 2.05) is 19.1 Å². The molecule has 0 spiro atoms. The molecular formula is C14H10ClN3OS. The third-order valence-electron chi connectivity index (χ3n) is 2.98. The molecule has 0 atom stereocenters. The Morgan fingerprint density at radius 3 is 2.65 bits per heavy atom. The maximum absolute atomic E-state index is 12.2. The van der Waals surface area contributed by atoms with Crippen molar-refractivity contribution in [2.24, 2.45) is 0 Å². The van der Waals surface area contributed by atoms with Gasteiger partial charge in [0, 0.05) is 10.6 Å². The van der Waals surface area contributed by atoms with Gasteiger partial charge >= 0.3 is 0 Å². The van der Waals surface area contributed by atoms with Crippen LogP contribution in [0.1, 0.15) is 15.9 Å². The van der Waals surface area contributed by atoms with E-state index in [1.165, 1.54) is 0 Å². The van der Waals surface area contributed by atoms with Gasteiger partial charge in [-0.05, 0) is 42.8 Å². The summed E-state index contributed by atoms with van der Waals surface area (Å²) < 4.78 is 8.41. The predicted octanol–water partition coefficient (Wildman–Crippen LogP) is 3.91. The number of halogens is 1. The highest BCUT2D eigenvalue weighted by atomic mass is 35.5. The third kappa shape index (κ3) is 2.37. The first-order valence-corrected chi connectivity index (χ1v) is 7.05. The van der Waals surface area contributed by atoms with Crippen LogP contribution in [0.4, 0.5) is 5.69 Å². The predicted molar refractivity (Wildman–Crippen MR) is 81.6 cm³/mol. The molecule has 20 heavy (non-hydrogen) atoms. The molecule has 0 aliphatic carbocycles. The molecule has 1 N–H and O–H groups in total. The van der Waals surface area contributed by atoms with Gasteiger partial charge in [-0.3, -0.25) is 4.79 Å². The van der Waals surface area contributed by atoms with Crippen molar-refractivity contribution in [1.82, 2.24) is 8.75 Å². The van der Waals surface area contributed by atoms with E-state index in [-0.39, 0.29) is 5.91 Å². The maximum Gasteiger partial charge on any atom is 0.255 e. The molecule has 1 heterocycles. The number of fused-ring (bicyclic) bond motifs is 1. The average Bonchev–Trinajstić information content (AvgIpc) is 2.91. The summed E-state index contributed by atoms with van der Waals surface area (Å²) in [4.78, 5) is 12.2. The number of aryl methyl sites for hydroxylation is 1. The number of nitrogens with one attached hydrogen (secondary N) is 1. The van der Waals surface area contributed by atoms with Crippen molar-refractivity contribution in [3.8, 4) is 0 Å². The summed E-state index contributed by atoms with van der Waals surface area (Å²) in [6.45, 7) is 1.93. The fourth-order valence-electron chi connectivity index (χ4n) is 1.90. The summed E-state index contributed by atoms with van der Waals surface area (Å²) in [5.74, 6) is -0.190. The lowest BCUT2D eigenvalue weighted by molar-refractivity contribution is 0.102. The number of carbonyl (C=O) groups is 1. The largest absolute Gasteiger partial charge is 0.320 e. The summed E-state index contributed by atoms with van der Waals surface area (Å²) in [6.07, 6.45) is 0. The lowest BCUT2D eigenvalue weighted by Gasteiger charge is -2.08. The molecule has 3 aromatic rings. The first-order chi connectivity index (χ1) is 9.65. The summed E-state index contributed by atoms with van der Waals surface area (Å²) in [7, 11) is 0. The summed E-state index contributed by atoms with van der Waals surface area (Å²) in [5, 5.41) is 3.50. The van der Waals surface area contributed by atoms with Crippen LogP contribution in [0.5, 0.6) is 0 Å². The second kappa shape index (κ2) is 5.19. The Labute approximate surface area is 124 Å². The molecule has 1 aromatic heterocycles. The van der Waals surface area contributed by atoms with E-state index < -0.39 is 0 Å². The van der Waals surface area contributed by atoms with Crippen LogP contribution in [0.2, 0.25) is 5.02 Å². The Morgan fingerprint density at radius 2 is 1.90 bits per heavy atom. The van der Waals surface area contributed by atoms with Crippen molar-refractivity contribution < 1.29 is 4.79 Å². The second-order valence-electron chi connectivity index (χ2n) is 4.35. The number of hydrogen-bond donors (Lipinski definition) is 1. The molecule has 3 rings (SSSR count). The number of aromatic nitrogens is 2. The standard InChI is InChI=1S/C14H10ClN3OS/c1-8-2-7-11-13(18-20-17-11)12(8)16-14(19)9-3-5-10(15)6-4-9/h2-7H,1H3,(H,16,19). The minimum Gasteiger partial charge on any atom is -0.320 e. The smallest absolute Gasteiger partial charge is 0.255 e. The monoisotopic (exact) mass is 303 g/mol. The number of anilines is 1. The molecular weight excluding hydrogens is 294 g/mol. The van der Waals surface area contributed by atoms with Gasteiger partial charge < -0.3 is 5.32 Å². The van der Waals surface area contributed by atoms with Gasteiger partial charge in [0.05, 0.1) is 17.4 Å². The van der Waals surface area contributed by atoms with E-state index in [0.717, 1.165) is 28.3 Å². The van der Waals surface area contributed by atoms with E-state index in [9.17, 15) is 4.79 Å². The summed E-state index contributed by atoms with van der Waals surface area (Å²) in [5.41, 5.74) is 3.71. The molecule has 0 aliphatic rings. The number of nitrogens with zero attached hydrogens (tertiary/aromatic N) is 2. The van der Waals surface area contributed by atoms with Crippen LogP contribution in [-0.4, -0.2) is 14.7 Å². The minimum absolute atomic E-state index is 0.190. The number of hydrogen-bond acceptors (Lipinski definition) is 4. The Morgan fingerprint density at radius 1 is 1.15 bits per heavy atom. The number of benzene rings is 2. The van der Waals surface area contributed by atoms with Crippen LogP contribution in [-0.2, 0) is 0 Å². The molecule has 0 aliphatic heterocycles. The topological polar surface area (TPSA) is 54.9 Å². The lowest BCUT2D eigenvalue weighted by Crippen LogP contribution is -2.13. The number of amides is 1. The van der Waals surface area contributed by atoms with Gasteiger partial charge in [-0.25, -0.2) is 0 Å². The highest BCUT2D eigenvalue weighted by molar-refractivity contribution is 7.00. The average molecular weight is 304 g/mol. The van der Waals surface area contributed by atoms with Crippen molar-refractivity contribution in [3.05, 3.63) is 52.5 Å². The highest BCUT2D eigenvalue weighted by Gasteiger charge is 2.12. The molecule has 0 fully saturated rings. The van der Waals surface area contributed by atoms with E-state index in [2.05, 4.69) is 14.1 Å². The van der Waals surface area contributed by atoms with Crippen molar-refractivity contribution in [1.29, 1.82) is 0 Å². The van der Waals surface area contributed by atoms with Crippen molar-refractivity contribution >= 4 is 46.0 Å². The van der Waals surface area contributed by atoms with Crippen LogP contribution in [0.25, 0.3) is 11.0 Å². The number of rotatable bonds is 2. The zero-order valence-electron chi connectivity index (χ0n) is 10.6. The van der Waals surface area contributed by atoms with Crippen LogP contribution >= 0.6 is 23.3 Å². The molecule has 0 radical (unpaired) electrons. The fraction of sp³-hybridized carbons (Fsp3) is 0.0714. The quantitative estimate of drug-likeness (QED) is 0.781. The highest BCUT2D eigenvalue weighted by Crippen LogP contribution is 2.26. The van der Waals surface area contributed by atoms with Crippen LogP contribution in [0.15, 0.2) is 36.4 Å². The Hall–Kier alpha value is -1.98.